The molecule has 1 aliphatic rings. The lowest BCUT2D eigenvalue weighted by molar-refractivity contribution is -0.123. The minimum atomic E-state index is -0.474. The highest BCUT2D eigenvalue weighted by Crippen LogP contribution is 2.36. The van der Waals surface area contributed by atoms with Gasteiger partial charge in [0.15, 0.2) is 0 Å². The zero-order valence-corrected chi connectivity index (χ0v) is 19.8. The second-order valence-corrected chi connectivity index (χ2v) is 9.13. The maximum absolute atomic E-state index is 12.8. The normalized spacial score (nSPS) is 15.2. The zero-order chi connectivity index (χ0) is 23.5. The van der Waals surface area contributed by atoms with E-state index >= 15 is 0 Å². The Morgan fingerprint density at radius 1 is 0.909 bits per heavy atom. The molecule has 10 heteroatoms. The van der Waals surface area contributed by atoms with Crippen molar-refractivity contribution in [1.82, 2.24) is 4.90 Å². The lowest BCUT2D eigenvalue weighted by atomic mass is 10.1. The van der Waals surface area contributed by atoms with E-state index < -0.39 is 11.1 Å². The van der Waals surface area contributed by atoms with Crippen molar-refractivity contribution < 1.29 is 14.7 Å². The Hall–Kier alpha value is -2.84. The van der Waals surface area contributed by atoms with E-state index in [-0.39, 0.29) is 17.2 Å². The molecule has 0 aliphatic carbocycles. The van der Waals surface area contributed by atoms with Gasteiger partial charge in [-0.1, -0.05) is 53.0 Å². The molecule has 0 unspecified atom stereocenters. The number of thioether (sulfide) groups is 1. The minimum absolute atomic E-state index is 0.0525. The van der Waals surface area contributed by atoms with Crippen LogP contribution >= 0.6 is 46.6 Å². The van der Waals surface area contributed by atoms with Gasteiger partial charge in [-0.3, -0.25) is 14.5 Å². The topological polar surface area (TPSA) is 82.3 Å². The van der Waals surface area contributed by atoms with E-state index in [2.05, 4.69) is 10.2 Å². The second-order valence-electron chi connectivity index (χ2n) is 6.91. The molecule has 1 aliphatic heterocycles. The van der Waals surface area contributed by atoms with Gasteiger partial charge in [-0.2, -0.15) is 5.11 Å². The Morgan fingerprint density at radius 3 is 2.45 bits per heavy atom. The summed E-state index contributed by atoms with van der Waals surface area (Å²) in [5.74, 6) is -0.540. The Balaban J connectivity index is 1.56. The summed E-state index contributed by atoms with van der Waals surface area (Å²) >= 11 is 18.8. The van der Waals surface area contributed by atoms with Gasteiger partial charge in [-0.15, -0.1) is 5.11 Å². The number of phenolic OH excluding ortho intramolecular Hbond substituents is 1. The molecule has 3 aromatic carbocycles. The summed E-state index contributed by atoms with van der Waals surface area (Å²) in [6, 6.07) is 16.5. The van der Waals surface area contributed by atoms with Crippen LogP contribution < -0.4 is 0 Å². The van der Waals surface area contributed by atoms with Crippen molar-refractivity contribution in [1.29, 1.82) is 0 Å². The third kappa shape index (κ3) is 5.39. The first-order valence-corrected chi connectivity index (χ1v) is 11.5. The third-order valence-corrected chi connectivity index (χ3v) is 6.59. The number of phenols is 1. The molecule has 1 heterocycles. The number of aromatic hydroxyl groups is 1. The van der Waals surface area contributed by atoms with Crippen LogP contribution in [0.3, 0.4) is 0 Å². The van der Waals surface area contributed by atoms with E-state index in [1.54, 1.807) is 54.6 Å². The Kier molecular flexibility index (Phi) is 7.05. The van der Waals surface area contributed by atoms with Crippen molar-refractivity contribution in [3.05, 3.63) is 91.8 Å². The van der Waals surface area contributed by atoms with Crippen LogP contribution in [0.2, 0.25) is 15.1 Å². The van der Waals surface area contributed by atoms with Crippen molar-refractivity contribution >= 4 is 75.2 Å². The van der Waals surface area contributed by atoms with E-state index in [0.29, 0.717) is 37.6 Å². The lowest BCUT2D eigenvalue weighted by Gasteiger charge is -2.13. The molecule has 4 rings (SSSR count). The molecule has 166 valence electrons. The van der Waals surface area contributed by atoms with Gasteiger partial charge in [0.1, 0.15) is 11.4 Å². The summed E-state index contributed by atoms with van der Waals surface area (Å²) < 4.78 is 0. The first kappa shape index (κ1) is 23.3. The quantitative estimate of drug-likeness (QED) is 0.274. The molecule has 0 bridgehead atoms. The first-order valence-electron chi connectivity index (χ1n) is 9.50. The fourth-order valence-electron chi connectivity index (χ4n) is 2.96. The third-order valence-electron chi connectivity index (χ3n) is 4.62. The van der Waals surface area contributed by atoms with Crippen molar-refractivity contribution in [2.24, 2.45) is 10.2 Å². The number of benzene rings is 3. The summed E-state index contributed by atoms with van der Waals surface area (Å²) in [5.41, 5.74) is 1.93. The fraction of sp³-hybridized carbons (Fsp3) is 0.0435. The van der Waals surface area contributed by atoms with Crippen LogP contribution in [-0.2, 0) is 11.3 Å². The number of rotatable bonds is 5. The predicted molar refractivity (Wildman–Crippen MR) is 132 cm³/mol. The molecule has 2 amide bonds. The van der Waals surface area contributed by atoms with Crippen LogP contribution in [0.5, 0.6) is 5.75 Å². The van der Waals surface area contributed by atoms with Gasteiger partial charge in [0.05, 0.1) is 32.2 Å². The number of halogens is 3. The van der Waals surface area contributed by atoms with Crippen molar-refractivity contribution in [3.63, 3.8) is 0 Å². The van der Waals surface area contributed by atoms with E-state index in [9.17, 15) is 14.7 Å². The van der Waals surface area contributed by atoms with Gasteiger partial charge in [0.2, 0.25) is 0 Å². The Labute approximate surface area is 208 Å². The van der Waals surface area contributed by atoms with Gasteiger partial charge in [0.25, 0.3) is 11.1 Å². The van der Waals surface area contributed by atoms with E-state index in [4.69, 9.17) is 34.8 Å². The standard InChI is InChI=1S/C23H14Cl3N3O3S/c24-16-7-5-13(9-18(16)26)12-29-22(31)21(33-23(29)32)11-14-10-15(6-8-20(14)30)27-28-19-4-2-1-3-17(19)25/h1-11,30H,12H2/b21-11-,28-27?. The van der Waals surface area contributed by atoms with Gasteiger partial charge >= 0.3 is 0 Å². The molecule has 0 spiro atoms. The van der Waals surface area contributed by atoms with E-state index in [1.807, 2.05) is 0 Å². The van der Waals surface area contributed by atoms with Gasteiger partial charge in [-0.05, 0) is 65.9 Å². The highest BCUT2D eigenvalue weighted by atomic mass is 35.5. The summed E-state index contributed by atoms with van der Waals surface area (Å²) in [7, 11) is 0. The molecule has 1 fully saturated rings. The number of nitrogens with zero attached hydrogens (tertiary/aromatic N) is 3. The second kappa shape index (κ2) is 9.97. The highest BCUT2D eigenvalue weighted by molar-refractivity contribution is 8.18. The van der Waals surface area contributed by atoms with Crippen LogP contribution in [0.15, 0.2) is 75.8 Å². The molecule has 0 saturated carbocycles. The van der Waals surface area contributed by atoms with E-state index in [1.165, 1.54) is 12.1 Å². The van der Waals surface area contributed by atoms with Crippen molar-refractivity contribution in [2.45, 2.75) is 6.54 Å². The lowest BCUT2D eigenvalue weighted by Crippen LogP contribution is -2.27. The van der Waals surface area contributed by atoms with Gasteiger partial charge in [-0.25, -0.2) is 0 Å². The minimum Gasteiger partial charge on any atom is -0.507 e. The summed E-state index contributed by atoms with van der Waals surface area (Å²) in [4.78, 5) is 26.6. The molecule has 3 aromatic rings. The molecule has 1 N–H and O–H groups in total. The van der Waals surface area contributed by atoms with Crippen LogP contribution in [0.25, 0.3) is 6.08 Å². The number of hydrogen-bond donors (Lipinski definition) is 1. The number of azo groups is 1. The average Bonchev–Trinajstić information content (AvgIpc) is 3.05. The molecule has 0 atom stereocenters. The fourth-order valence-corrected chi connectivity index (χ4v) is 4.29. The van der Waals surface area contributed by atoms with Crippen molar-refractivity contribution in [3.8, 4) is 5.75 Å². The Morgan fingerprint density at radius 2 is 1.70 bits per heavy atom. The summed E-state index contributed by atoms with van der Waals surface area (Å²) in [6.45, 7) is 0.0525. The predicted octanol–water partition coefficient (Wildman–Crippen LogP) is 8.00. The average molecular weight is 519 g/mol. The summed E-state index contributed by atoms with van der Waals surface area (Å²) in [5, 5.41) is 19.3. The van der Waals surface area contributed by atoms with Crippen LogP contribution in [0, 0.1) is 0 Å². The van der Waals surface area contributed by atoms with Gasteiger partial charge < -0.3 is 5.11 Å². The van der Waals surface area contributed by atoms with Gasteiger partial charge in [0, 0.05) is 5.56 Å². The molecular weight excluding hydrogens is 505 g/mol. The number of amides is 2. The number of carbonyl (C=O) groups is 2. The molecule has 6 nitrogen and oxygen atoms in total. The molecule has 0 aromatic heterocycles. The van der Waals surface area contributed by atoms with Crippen molar-refractivity contribution in [2.75, 3.05) is 0 Å². The van der Waals surface area contributed by atoms with E-state index in [0.717, 1.165) is 16.7 Å². The molecule has 1 saturated heterocycles. The largest absolute Gasteiger partial charge is 0.507 e. The first-order chi connectivity index (χ1) is 15.8. The monoisotopic (exact) mass is 517 g/mol. The number of hydrogen-bond acceptors (Lipinski definition) is 6. The summed E-state index contributed by atoms with van der Waals surface area (Å²) in [6.07, 6.45) is 1.45. The Bertz CT molecular complexity index is 1330. The maximum atomic E-state index is 12.8. The number of imide groups is 1. The van der Waals surface area contributed by atoms with Crippen LogP contribution in [-0.4, -0.2) is 21.2 Å². The number of carbonyl (C=O) groups excluding carboxylic acids is 2. The maximum Gasteiger partial charge on any atom is 0.293 e. The molecule has 0 radical (unpaired) electrons. The highest BCUT2D eigenvalue weighted by Gasteiger charge is 2.35. The SMILES string of the molecule is O=C1S/C(=C\c2cc(N=Nc3ccccc3Cl)ccc2O)C(=O)N1Cc1ccc(Cl)c(Cl)c1. The van der Waals surface area contributed by atoms with Crippen LogP contribution in [0.1, 0.15) is 11.1 Å². The molecule has 33 heavy (non-hydrogen) atoms. The molecular formula is C23H14Cl3N3O3S. The van der Waals surface area contributed by atoms with Crippen LogP contribution in [0.4, 0.5) is 16.2 Å². The zero-order valence-electron chi connectivity index (χ0n) is 16.7. The smallest absolute Gasteiger partial charge is 0.293 e.